The first-order valence-electron chi connectivity index (χ1n) is 9.03. The van der Waals surface area contributed by atoms with Crippen LogP contribution in [0.5, 0.6) is 0 Å². The first-order valence-corrected chi connectivity index (χ1v) is 9.03. The molecule has 1 aromatic heterocycles. The molecule has 1 aliphatic carbocycles. The number of pyridine rings is 1. The molecule has 0 aliphatic heterocycles. The average molecular weight is 363 g/mol. The summed E-state index contributed by atoms with van der Waals surface area (Å²) in [5, 5.41) is 8.91. The zero-order chi connectivity index (χ0) is 19.2. The molecule has 27 heavy (non-hydrogen) atoms. The van der Waals surface area contributed by atoms with Gasteiger partial charge in [0.15, 0.2) is 0 Å². The molecule has 0 spiro atoms. The number of rotatable bonds is 7. The van der Waals surface area contributed by atoms with E-state index in [9.17, 15) is 9.59 Å². The van der Waals surface area contributed by atoms with Gasteiger partial charge in [0.2, 0.25) is 0 Å². The van der Waals surface area contributed by atoms with Crippen LogP contribution in [-0.2, 0) is 16.0 Å². The Labute approximate surface area is 158 Å². The minimum atomic E-state index is -0.704. The number of hydrogen-bond acceptors (Lipinski definition) is 5. The summed E-state index contributed by atoms with van der Waals surface area (Å²) in [6.45, 7) is 2.01. The van der Waals surface area contributed by atoms with E-state index in [1.165, 1.54) is 12.3 Å². The topological polar surface area (TPSA) is 83.3 Å². The molecule has 138 valence electrons. The van der Waals surface area contributed by atoms with Gasteiger partial charge in [0.25, 0.3) is 5.91 Å². The minimum Gasteiger partial charge on any atom is -0.464 e. The molecule has 3 rings (SSSR count). The van der Waals surface area contributed by atoms with Crippen LogP contribution in [0.2, 0.25) is 0 Å². The molecule has 1 amide bonds. The quantitative estimate of drug-likeness (QED) is 0.706. The molecule has 1 heterocycles. The van der Waals surface area contributed by atoms with E-state index in [1.54, 1.807) is 17.9 Å². The van der Waals surface area contributed by atoms with Crippen LogP contribution in [0.3, 0.4) is 0 Å². The summed E-state index contributed by atoms with van der Waals surface area (Å²) in [7, 11) is 0. The summed E-state index contributed by atoms with van der Waals surface area (Å²) >= 11 is 0. The van der Waals surface area contributed by atoms with Crippen LogP contribution in [-0.4, -0.2) is 40.5 Å². The molecular formula is C21H21N3O3. The van der Waals surface area contributed by atoms with Gasteiger partial charge in [-0.2, -0.15) is 5.26 Å². The number of esters is 1. The van der Waals surface area contributed by atoms with E-state index in [4.69, 9.17) is 10.00 Å². The molecule has 1 aromatic carbocycles. The van der Waals surface area contributed by atoms with E-state index in [2.05, 4.69) is 4.98 Å². The Hall–Kier alpha value is -3.20. The normalized spacial score (nSPS) is 14.1. The smallest absolute Gasteiger partial charge is 0.329 e. The van der Waals surface area contributed by atoms with Gasteiger partial charge < -0.3 is 9.64 Å². The van der Waals surface area contributed by atoms with Crippen molar-refractivity contribution in [2.75, 3.05) is 6.61 Å². The number of carbonyl (C=O) groups is 2. The van der Waals surface area contributed by atoms with Gasteiger partial charge in [-0.1, -0.05) is 30.3 Å². The summed E-state index contributed by atoms with van der Waals surface area (Å²) in [6, 6.07) is 14.0. The number of ether oxygens (including phenoxy) is 1. The van der Waals surface area contributed by atoms with Gasteiger partial charge >= 0.3 is 5.97 Å². The van der Waals surface area contributed by atoms with Gasteiger partial charge in [-0.3, -0.25) is 4.79 Å². The lowest BCUT2D eigenvalue weighted by Gasteiger charge is -2.30. The van der Waals surface area contributed by atoms with Gasteiger partial charge in [0.1, 0.15) is 17.8 Å². The van der Waals surface area contributed by atoms with Crippen LogP contribution in [0.15, 0.2) is 48.7 Å². The monoisotopic (exact) mass is 363 g/mol. The molecule has 2 aromatic rings. The predicted octanol–water partition coefficient (Wildman–Crippen LogP) is 2.73. The van der Waals surface area contributed by atoms with Crippen molar-refractivity contribution in [1.82, 2.24) is 9.88 Å². The predicted molar refractivity (Wildman–Crippen MR) is 98.7 cm³/mol. The fraction of sp³-hybridized carbons (Fsp3) is 0.333. The van der Waals surface area contributed by atoms with E-state index in [-0.39, 0.29) is 24.2 Å². The Kier molecular flexibility index (Phi) is 5.82. The molecule has 1 fully saturated rings. The van der Waals surface area contributed by atoms with Crippen molar-refractivity contribution in [2.24, 2.45) is 0 Å². The zero-order valence-corrected chi connectivity index (χ0v) is 15.2. The standard InChI is InChI=1S/C21H21N3O3/c1-2-27-21(26)19(12-15-6-4-3-5-7-15)24(17-9-10-17)20(25)18-11-8-16(13-22)14-23-18/h3-8,11,14,17,19H,2,9-10,12H2,1H3. The maximum atomic E-state index is 13.1. The number of amides is 1. The Morgan fingerprint density at radius 1 is 1.26 bits per heavy atom. The third kappa shape index (κ3) is 4.50. The average Bonchev–Trinajstić information content (AvgIpc) is 3.53. The highest BCUT2D eigenvalue weighted by molar-refractivity contribution is 5.95. The van der Waals surface area contributed by atoms with E-state index >= 15 is 0 Å². The first kappa shape index (κ1) is 18.6. The SMILES string of the molecule is CCOC(=O)C(Cc1ccccc1)N(C(=O)c1ccc(C#N)cn1)C1CC1. The van der Waals surface area contributed by atoms with Crippen LogP contribution in [0.25, 0.3) is 0 Å². The molecule has 0 bridgehead atoms. The molecule has 6 heteroatoms. The molecule has 1 aliphatic rings. The van der Waals surface area contributed by atoms with Gasteiger partial charge in [-0.25, -0.2) is 9.78 Å². The van der Waals surface area contributed by atoms with Crippen molar-refractivity contribution in [3.63, 3.8) is 0 Å². The highest BCUT2D eigenvalue weighted by Crippen LogP contribution is 2.31. The highest BCUT2D eigenvalue weighted by Gasteiger charge is 2.41. The van der Waals surface area contributed by atoms with Crippen LogP contribution >= 0.6 is 0 Å². The van der Waals surface area contributed by atoms with E-state index in [0.717, 1.165) is 18.4 Å². The maximum absolute atomic E-state index is 13.1. The lowest BCUT2D eigenvalue weighted by atomic mass is 10.0. The third-order valence-corrected chi connectivity index (χ3v) is 4.45. The van der Waals surface area contributed by atoms with Crippen molar-refractivity contribution in [2.45, 2.75) is 38.3 Å². The van der Waals surface area contributed by atoms with Gasteiger partial charge in [0.05, 0.1) is 12.2 Å². The molecule has 1 unspecified atom stereocenters. The molecule has 0 saturated heterocycles. The van der Waals surface area contributed by atoms with E-state index in [0.29, 0.717) is 12.0 Å². The largest absolute Gasteiger partial charge is 0.464 e. The minimum absolute atomic E-state index is 0.00746. The van der Waals surface area contributed by atoms with Crippen LogP contribution in [0.1, 0.15) is 41.4 Å². The van der Waals surface area contributed by atoms with Crippen LogP contribution in [0, 0.1) is 11.3 Å². The third-order valence-electron chi connectivity index (χ3n) is 4.45. The van der Waals surface area contributed by atoms with E-state index < -0.39 is 12.0 Å². The van der Waals surface area contributed by atoms with Crippen molar-refractivity contribution in [3.05, 3.63) is 65.5 Å². The van der Waals surface area contributed by atoms with Gasteiger partial charge in [-0.15, -0.1) is 0 Å². The molecule has 1 saturated carbocycles. The molecule has 0 N–H and O–H groups in total. The summed E-state index contributed by atoms with van der Waals surface area (Å²) in [5.41, 5.74) is 1.57. The van der Waals surface area contributed by atoms with Crippen LogP contribution in [0.4, 0.5) is 0 Å². The Morgan fingerprint density at radius 2 is 2.00 bits per heavy atom. The second-order valence-electron chi connectivity index (χ2n) is 6.45. The second kappa shape index (κ2) is 8.45. The number of nitriles is 1. The van der Waals surface area contributed by atoms with Gasteiger partial charge in [-0.05, 0) is 37.5 Å². The van der Waals surface area contributed by atoms with Crippen molar-refractivity contribution < 1.29 is 14.3 Å². The fourth-order valence-corrected chi connectivity index (χ4v) is 3.00. The Morgan fingerprint density at radius 3 is 2.56 bits per heavy atom. The first-order chi connectivity index (χ1) is 13.1. The fourth-order valence-electron chi connectivity index (χ4n) is 3.00. The molecule has 1 atom stereocenters. The number of nitrogens with zero attached hydrogens (tertiary/aromatic N) is 3. The Balaban J connectivity index is 1.90. The van der Waals surface area contributed by atoms with Crippen molar-refractivity contribution in [3.8, 4) is 6.07 Å². The summed E-state index contributed by atoms with van der Waals surface area (Å²) in [5.74, 6) is -0.716. The van der Waals surface area contributed by atoms with Crippen LogP contribution < -0.4 is 0 Å². The molecular weight excluding hydrogens is 342 g/mol. The number of benzene rings is 1. The van der Waals surface area contributed by atoms with Crippen molar-refractivity contribution >= 4 is 11.9 Å². The maximum Gasteiger partial charge on any atom is 0.329 e. The number of carbonyl (C=O) groups excluding carboxylic acids is 2. The lowest BCUT2D eigenvalue weighted by Crippen LogP contribution is -2.48. The van der Waals surface area contributed by atoms with Crippen molar-refractivity contribution in [1.29, 1.82) is 5.26 Å². The van der Waals surface area contributed by atoms with Gasteiger partial charge in [0, 0.05) is 18.7 Å². The summed E-state index contributed by atoms with van der Waals surface area (Å²) < 4.78 is 5.26. The second-order valence-corrected chi connectivity index (χ2v) is 6.45. The zero-order valence-electron chi connectivity index (χ0n) is 15.2. The lowest BCUT2D eigenvalue weighted by molar-refractivity contribution is -0.148. The number of hydrogen-bond donors (Lipinski definition) is 0. The summed E-state index contributed by atoms with van der Waals surface area (Å²) in [6.07, 6.45) is 3.46. The Bertz CT molecular complexity index is 839. The summed E-state index contributed by atoms with van der Waals surface area (Å²) in [4.78, 5) is 31.5. The number of aromatic nitrogens is 1. The molecule has 6 nitrogen and oxygen atoms in total. The highest BCUT2D eigenvalue weighted by atomic mass is 16.5. The van der Waals surface area contributed by atoms with E-state index in [1.807, 2.05) is 36.4 Å². The molecule has 0 radical (unpaired) electrons.